The molecule has 142 valence electrons. The number of hydrogen-bond acceptors (Lipinski definition) is 2. The molecule has 3 rings (SSSR count). The Morgan fingerprint density at radius 2 is 1.78 bits per heavy atom. The van der Waals surface area contributed by atoms with Crippen LogP contribution in [0.1, 0.15) is 0 Å². The first-order valence-electron chi connectivity index (χ1n) is 9.34. The molecule has 27 heavy (non-hydrogen) atoms. The standard InChI is InChI=1S/C22H28N2O2Si/c1-23(16-25)21-12-8-6-10-19(21)22-15-18-9-5-7-11-20(18)24(22)17-26-13-14-27(2,3)4/h5-12,15-16H,13-14,17H2,1-4H3. The number of rotatable bonds is 8. The number of hydrogen-bond donors (Lipinski definition) is 0. The van der Waals surface area contributed by atoms with Crippen LogP contribution in [-0.2, 0) is 16.3 Å². The zero-order valence-corrected chi connectivity index (χ0v) is 17.6. The van der Waals surface area contributed by atoms with Gasteiger partial charge in [-0.2, -0.15) is 0 Å². The van der Waals surface area contributed by atoms with Gasteiger partial charge in [-0.1, -0.05) is 56.0 Å². The van der Waals surface area contributed by atoms with Gasteiger partial charge in [-0.15, -0.1) is 0 Å². The maximum Gasteiger partial charge on any atom is 0.213 e. The monoisotopic (exact) mass is 380 g/mol. The summed E-state index contributed by atoms with van der Waals surface area (Å²) in [6.45, 7) is 8.36. The average molecular weight is 381 g/mol. The highest BCUT2D eigenvalue weighted by Crippen LogP contribution is 2.34. The van der Waals surface area contributed by atoms with Crippen LogP contribution in [0.5, 0.6) is 0 Å². The molecular weight excluding hydrogens is 352 g/mol. The molecular formula is C22H28N2O2Si. The molecule has 0 saturated carbocycles. The van der Waals surface area contributed by atoms with E-state index in [1.807, 2.05) is 30.3 Å². The number of carbonyl (C=O) groups is 1. The van der Waals surface area contributed by atoms with Gasteiger partial charge in [0.1, 0.15) is 6.73 Å². The van der Waals surface area contributed by atoms with Crippen LogP contribution in [0.25, 0.3) is 22.2 Å². The fourth-order valence-electron chi connectivity index (χ4n) is 3.16. The van der Waals surface area contributed by atoms with Crippen molar-refractivity contribution in [3.05, 3.63) is 54.6 Å². The van der Waals surface area contributed by atoms with Gasteiger partial charge in [0, 0.05) is 32.7 Å². The normalized spacial score (nSPS) is 11.7. The number of carbonyl (C=O) groups excluding carboxylic acids is 1. The summed E-state index contributed by atoms with van der Waals surface area (Å²) >= 11 is 0. The van der Waals surface area contributed by atoms with Crippen LogP contribution < -0.4 is 4.90 Å². The third-order valence-corrected chi connectivity index (χ3v) is 6.45. The minimum atomic E-state index is -1.12. The van der Waals surface area contributed by atoms with E-state index in [2.05, 4.69) is 48.5 Å². The average Bonchev–Trinajstić information content (AvgIpc) is 3.02. The van der Waals surface area contributed by atoms with Gasteiger partial charge in [0.2, 0.25) is 6.41 Å². The summed E-state index contributed by atoms with van der Waals surface area (Å²) in [4.78, 5) is 13.0. The second-order valence-electron chi connectivity index (χ2n) is 8.10. The van der Waals surface area contributed by atoms with Crippen LogP contribution in [0.15, 0.2) is 54.6 Å². The molecule has 0 atom stereocenters. The van der Waals surface area contributed by atoms with Crippen LogP contribution in [0.3, 0.4) is 0 Å². The first-order valence-corrected chi connectivity index (χ1v) is 13.0. The Bertz CT molecular complexity index is 927. The number of nitrogens with zero attached hydrogens (tertiary/aromatic N) is 2. The Hall–Kier alpha value is -2.37. The van der Waals surface area contributed by atoms with E-state index in [4.69, 9.17) is 4.74 Å². The lowest BCUT2D eigenvalue weighted by Crippen LogP contribution is -2.22. The third kappa shape index (κ3) is 4.49. The number of amides is 1. The summed E-state index contributed by atoms with van der Waals surface area (Å²) < 4.78 is 8.27. The predicted molar refractivity (Wildman–Crippen MR) is 116 cm³/mol. The van der Waals surface area contributed by atoms with E-state index in [1.165, 1.54) is 5.39 Å². The van der Waals surface area contributed by atoms with Gasteiger partial charge >= 0.3 is 0 Å². The van der Waals surface area contributed by atoms with E-state index in [-0.39, 0.29) is 0 Å². The van der Waals surface area contributed by atoms with Crippen LogP contribution in [0.2, 0.25) is 25.7 Å². The van der Waals surface area contributed by atoms with E-state index in [9.17, 15) is 4.79 Å². The highest BCUT2D eigenvalue weighted by molar-refractivity contribution is 6.76. The lowest BCUT2D eigenvalue weighted by atomic mass is 10.1. The van der Waals surface area contributed by atoms with Crippen LogP contribution >= 0.6 is 0 Å². The maximum absolute atomic E-state index is 11.3. The second kappa shape index (κ2) is 8.11. The van der Waals surface area contributed by atoms with Gasteiger partial charge < -0.3 is 14.2 Å². The lowest BCUT2D eigenvalue weighted by Gasteiger charge is -2.19. The molecule has 0 aliphatic rings. The first kappa shape index (κ1) is 19.4. The van der Waals surface area contributed by atoms with E-state index in [1.54, 1.807) is 11.9 Å². The van der Waals surface area contributed by atoms with Gasteiger partial charge in [-0.05, 0) is 24.2 Å². The molecule has 0 aliphatic heterocycles. The van der Waals surface area contributed by atoms with Gasteiger partial charge in [0.25, 0.3) is 0 Å². The quantitative estimate of drug-likeness (QED) is 0.305. The highest BCUT2D eigenvalue weighted by Gasteiger charge is 2.16. The number of para-hydroxylation sites is 2. The van der Waals surface area contributed by atoms with Crippen molar-refractivity contribution in [3.8, 4) is 11.3 Å². The number of anilines is 1. The molecule has 0 aliphatic carbocycles. The van der Waals surface area contributed by atoms with Gasteiger partial charge in [0.05, 0.1) is 16.9 Å². The summed E-state index contributed by atoms with van der Waals surface area (Å²) in [5, 5.41) is 1.17. The molecule has 1 heterocycles. The molecule has 2 aromatic carbocycles. The molecule has 4 nitrogen and oxygen atoms in total. The van der Waals surface area contributed by atoms with Crippen molar-refractivity contribution in [2.75, 3.05) is 18.6 Å². The molecule has 0 bridgehead atoms. The van der Waals surface area contributed by atoms with Crippen molar-refractivity contribution in [2.45, 2.75) is 32.4 Å². The minimum absolute atomic E-state index is 0.506. The van der Waals surface area contributed by atoms with Crippen molar-refractivity contribution < 1.29 is 9.53 Å². The highest BCUT2D eigenvalue weighted by atomic mass is 28.3. The maximum atomic E-state index is 11.3. The summed E-state index contributed by atoms with van der Waals surface area (Å²) in [6, 6.07) is 19.6. The molecule has 1 aromatic heterocycles. The van der Waals surface area contributed by atoms with Crippen LogP contribution in [-0.4, -0.2) is 32.7 Å². The Morgan fingerprint density at radius 3 is 2.52 bits per heavy atom. The minimum Gasteiger partial charge on any atom is -0.361 e. The fraction of sp³-hybridized carbons (Fsp3) is 0.318. The Morgan fingerprint density at radius 1 is 1.07 bits per heavy atom. The SMILES string of the molecule is CN(C=O)c1ccccc1-c1cc2ccccc2n1COCC[Si](C)(C)C. The van der Waals surface area contributed by atoms with Gasteiger partial charge in [0.15, 0.2) is 0 Å². The number of benzene rings is 2. The van der Waals surface area contributed by atoms with E-state index < -0.39 is 8.07 Å². The summed E-state index contributed by atoms with van der Waals surface area (Å²) in [6.07, 6.45) is 0.844. The zero-order valence-electron chi connectivity index (χ0n) is 16.6. The van der Waals surface area contributed by atoms with Crippen molar-refractivity contribution in [3.63, 3.8) is 0 Å². The van der Waals surface area contributed by atoms with Gasteiger partial charge in [-0.25, -0.2) is 0 Å². The Labute approximate surface area is 162 Å². The fourth-order valence-corrected chi connectivity index (χ4v) is 3.92. The molecule has 1 amide bonds. The molecule has 0 fully saturated rings. The van der Waals surface area contributed by atoms with E-state index >= 15 is 0 Å². The number of fused-ring (bicyclic) bond motifs is 1. The van der Waals surface area contributed by atoms with Crippen molar-refractivity contribution in [2.24, 2.45) is 0 Å². The molecule has 0 spiro atoms. The third-order valence-electron chi connectivity index (χ3n) is 4.75. The van der Waals surface area contributed by atoms with Crippen LogP contribution in [0.4, 0.5) is 5.69 Å². The summed E-state index contributed by atoms with van der Waals surface area (Å²) in [5.74, 6) is 0. The topological polar surface area (TPSA) is 34.5 Å². The number of aromatic nitrogens is 1. The van der Waals surface area contributed by atoms with Crippen LogP contribution in [0, 0.1) is 0 Å². The molecule has 0 unspecified atom stereocenters. The van der Waals surface area contributed by atoms with Crippen molar-refractivity contribution in [1.82, 2.24) is 4.57 Å². The molecule has 0 N–H and O–H groups in total. The summed E-state index contributed by atoms with van der Waals surface area (Å²) in [7, 11) is 0.662. The van der Waals surface area contributed by atoms with Gasteiger partial charge in [-0.3, -0.25) is 4.79 Å². The molecule has 3 aromatic rings. The lowest BCUT2D eigenvalue weighted by molar-refractivity contribution is -0.107. The first-order chi connectivity index (χ1) is 12.9. The smallest absolute Gasteiger partial charge is 0.213 e. The summed E-state index contributed by atoms with van der Waals surface area (Å²) in [5.41, 5.74) is 4.12. The van der Waals surface area contributed by atoms with E-state index in [0.29, 0.717) is 6.73 Å². The molecule has 5 heteroatoms. The van der Waals surface area contributed by atoms with Crippen molar-refractivity contribution in [1.29, 1.82) is 0 Å². The zero-order chi connectivity index (χ0) is 19.4. The Kier molecular flexibility index (Phi) is 5.82. The largest absolute Gasteiger partial charge is 0.361 e. The number of ether oxygens (including phenoxy) is 1. The van der Waals surface area contributed by atoms with Crippen molar-refractivity contribution >= 4 is 31.1 Å². The second-order valence-corrected chi connectivity index (χ2v) is 13.7. The molecule has 0 radical (unpaired) electrons. The molecule has 0 saturated heterocycles. The predicted octanol–water partition coefficient (Wildman–Crippen LogP) is 5.21. The Balaban J connectivity index is 2.00. The van der Waals surface area contributed by atoms with E-state index in [0.717, 1.165) is 41.5 Å².